The second-order valence-electron chi connectivity index (χ2n) is 2.91. The lowest BCUT2D eigenvalue weighted by atomic mass is 10.0. The van der Waals surface area contributed by atoms with Crippen molar-refractivity contribution in [2.24, 2.45) is 0 Å². The highest BCUT2D eigenvalue weighted by atomic mass is 15.1. The van der Waals surface area contributed by atoms with Gasteiger partial charge in [0.25, 0.3) is 0 Å². The van der Waals surface area contributed by atoms with Crippen molar-refractivity contribution in [2.45, 2.75) is 18.3 Å². The monoisotopic (exact) mass is 147 g/mol. The Kier molecular flexibility index (Phi) is 1.24. The van der Waals surface area contributed by atoms with Crippen molar-refractivity contribution < 1.29 is 0 Å². The van der Waals surface area contributed by atoms with E-state index in [9.17, 15) is 0 Å². The first-order valence-corrected chi connectivity index (χ1v) is 3.67. The normalized spacial score (nSPS) is 19.3. The molecule has 1 aromatic heterocycles. The number of hydrogen-bond donors (Lipinski definition) is 1. The van der Waals surface area contributed by atoms with Crippen LogP contribution in [0.5, 0.6) is 0 Å². The molecule has 0 aromatic carbocycles. The third-order valence-corrected chi connectivity index (χ3v) is 2.15. The van der Waals surface area contributed by atoms with E-state index >= 15 is 0 Å². The number of nitrogens with zero attached hydrogens (tertiary/aromatic N) is 2. The fraction of sp³-hybridized carbons (Fsp3) is 0.375. The molecule has 1 aliphatic carbocycles. The van der Waals surface area contributed by atoms with Gasteiger partial charge in [-0.15, -0.1) is 0 Å². The van der Waals surface area contributed by atoms with Gasteiger partial charge in [-0.1, -0.05) is 0 Å². The molecule has 1 aromatic rings. The Morgan fingerprint density at radius 3 is 2.82 bits per heavy atom. The van der Waals surface area contributed by atoms with Crippen LogP contribution in [-0.4, -0.2) is 16.4 Å². The number of hydrogen-bond acceptors (Lipinski definition) is 3. The lowest BCUT2D eigenvalue weighted by Crippen LogP contribution is -2.09. The molecule has 0 bridgehead atoms. The zero-order valence-electron chi connectivity index (χ0n) is 6.12. The van der Waals surface area contributed by atoms with Crippen molar-refractivity contribution >= 4 is 6.21 Å². The fourth-order valence-electron chi connectivity index (χ4n) is 1.18. The van der Waals surface area contributed by atoms with E-state index in [0.29, 0.717) is 0 Å². The molecule has 0 saturated heterocycles. The van der Waals surface area contributed by atoms with E-state index < -0.39 is 0 Å². The Morgan fingerprint density at radius 2 is 2.36 bits per heavy atom. The van der Waals surface area contributed by atoms with Crippen molar-refractivity contribution in [2.75, 3.05) is 0 Å². The second kappa shape index (κ2) is 2.12. The highest BCUT2D eigenvalue weighted by Crippen LogP contribution is 2.44. The molecule has 56 valence electrons. The van der Waals surface area contributed by atoms with Crippen molar-refractivity contribution in [1.82, 2.24) is 10.2 Å². The van der Waals surface area contributed by atoms with Crippen LogP contribution in [0.15, 0.2) is 18.3 Å². The molecule has 1 heterocycles. The molecule has 1 saturated carbocycles. The van der Waals surface area contributed by atoms with Gasteiger partial charge in [0, 0.05) is 17.8 Å². The lowest BCUT2D eigenvalue weighted by Gasteiger charge is -2.04. The molecule has 0 radical (unpaired) electrons. The maximum absolute atomic E-state index is 7.21. The van der Waals surface area contributed by atoms with Gasteiger partial charge < -0.3 is 5.41 Å². The lowest BCUT2D eigenvalue weighted by molar-refractivity contribution is 0.839. The highest BCUT2D eigenvalue weighted by Gasteiger charge is 2.43. The van der Waals surface area contributed by atoms with Crippen molar-refractivity contribution in [3.8, 4) is 0 Å². The summed E-state index contributed by atoms with van der Waals surface area (Å²) in [5.41, 5.74) is 0.892. The SMILES string of the molecule is N=CC1(c2cccnn2)CC1. The van der Waals surface area contributed by atoms with Crippen LogP contribution in [0.1, 0.15) is 18.5 Å². The standard InChI is InChI=1S/C8H9N3/c9-6-8(3-4-8)7-2-1-5-10-11-7/h1-2,5-6,9H,3-4H2. The van der Waals surface area contributed by atoms with E-state index in [0.717, 1.165) is 18.5 Å². The molecule has 0 spiro atoms. The van der Waals surface area contributed by atoms with Crippen LogP contribution in [0.25, 0.3) is 0 Å². The van der Waals surface area contributed by atoms with Crippen molar-refractivity contribution in [1.29, 1.82) is 5.41 Å². The average molecular weight is 147 g/mol. The highest BCUT2D eigenvalue weighted by molar-refractivity contribution is 5.73. The summed E-state index contributed by atoms with van der Waals surface area (Å²) >= 11 is 0. The molecule has 3 heteroatoms. The van der Waals surface area contributed by atoms with Gasteiger partial charge in [-0.3, -0.25) is 0 Å². The van der Waals surface area contributed by atoms with Gasteiger partial charge in [0.1, 0.15) is 0 Å². The molecular formula is C8H9N3. The van der Waals surface area contributed by atoms with Crippen LogP contribution in [0.2, 0.25) is 0 Å². The number of nitrogens with one attached hydrogen (secondary N) is 1. The Bertz CT molecular complexity index is 264. The third-order valence-electron chi connectivity index (χ3n) is 2.15. The van der Waals surface area contributed by atoms with Crippen LogP contribution in [0.4, 0.5) is 0 Å². The molecule has 0 amide bonds. The molecule has 1 aliphatic rings. The molecule has 11 heavy (non-hydrogen) atoms. The summed E-state index contributed by atoms with van der Waals surface area (Å²) in [6.45, 7) is 0. The molecule has 3 nitrogen and oxygen atoms in total. The van der Waals surface area contributed by atoms with E-state index in [2.05, 4.69) is 10.2 Å². The van der Waals surface area contributed by atoms with Gasteiger partial charge in [0.15, 0.2) is 0 Å². The summed E-state index contributed by atoms with van der Waals surface area (Å²) < 4.78 is 0. The van der Waals surface area contributed by atoms with Crippen molar-refractivity contribution in [3.05, 3.63) is 24.0 Å². The minimum absolute atomic E-state index is 0.0474. The maximum atomic E-state index is 7.21. The quantitative estimate of drug-likeness (QED) is 0.638. The summed E-state index contributed by atoms with van der Waals surface area (Å²) in [5, 5.41) is 15.0. The molecule has 1 fully saturated rings. The van der Waals surface area contributed by atoms with E-state index in [-0.39, 0.29) is 5.41 Å². The minimum atomic E-state index is -0.0474. The Balaban J connectivity index is 2.37. The summed E-state index contributed by atoms with van der Waals surface area (Å²) in [6.07, 6.45) is 5.24. The second-order valence-corrected chi connectivity index (χ2v) is 2.91. The van der Waals surface area contributed by atoms with E-state index in [1.54, 1.807) is 6.20 Å². The van der Waals surface area contributed by atoms with Gasteiger partial charge in [-0.2, -0.15) is 10.2 Å². The molecule has 2 rings (SSSR count). The Morgan fingerprint density at radius 1 is 1.55 bits per heavy atom. The van der Waals surface area contributed by atoms with Crippen LogP contribution in [0.3, 0.4) is 0 Å². The van der Waals surface area contributed by atoms with Gasteiger partial charge in [-0.05, 0) is 25.0 Å². The number of aromatic nitrogens is 2. The summed E-state index contributed by atoms with van der Waals surface area (Å²) in [5.74, 6) is 0. The molecular weight excluding hydrogens is 138 g/mol. The maximum Gasteiger partial charge on any atom is 0.0745 e. The molecule has 1 N–H and O–H groups in total. The van der Waals surface area contributed by atoms with Gasteiger partial charge in [0.2, 0.25) is 0 Å². The Hall–Kier alpha value is -1.25. The Labute approximate surface area is 65.0 Å². The first-order chi connectivity index (χ1) is 5.37. The third kappa shape index (κ3) is 0.926. The smallest absolute Gasteiger partial charge is 0.0745 e. The summed E-state index contributed by atoms with van der Waals surface area (Å²) in [6, 6.07) is 3.80. The largest absolute Gasteiger partial charge is 0.312 e. The fourth-order valence-corrected chi connectivity index (χ4v) is 1.18. The first-order valence-electron chi connectivity index (χ1n) is 3.67. The number of rotatable bonds is 2. The summed E-state index contributed by atoms with van der Waals surface area (Å²) in [4.78, 5) is 0. The topological polar surface area (TPSA) is 49.6 Å². The van der Waals surface area contributed by atoms with Crippen LogP contribution in [-0.2, 0) is 5.41 Å². The zero-order valence-corrected chi connectivity index (χ0v) is 6.12. The van der Waals surface area contributed by atoms with E-state index in [1.807, 2.05) is 12.1 Å². The predicted octanol–water partition coefficient (Wildman–Crippen LogP) is 1.16. The van der Waals surface area contributed by atoms with Gasteiger partial charge in [0.05, 0.1) is 5.69 Å². The van der Waals surface area contributed by atoms with Gasteiger partial charge >= 0.3 is 0 Å². The average Bonchev–Trinajstić information content (AvgIpc) is 2.86. The zero-order chi connectivity index (χ0) is 7.73. The molecule has 0 unspecified atom stereocenters. The van der Waals surface area contributed by atoms with Crippen LogP contribution >= 0.6 is 0 Å². The van der Waals surface area contributed by atoms with Crippen LogP contribution < -0.4 is 0 Å². The van der Waals surface area contributed by atoms with E-state index in [4.69, 9.17) is 5.41 Å². The van der Waals surface area contributed by atoms with E-state index in [1.165, 1.54) is 6.21 Å². The van der Waals surface area contributed by atoms with Gasteiger partial charge in [-0.25, -0.2) is 0 Å². The van der Waals surface area contributed by atoms with Crippen LogP contribution in [0, 0.1) is 5.41 Å². The first kappa shape index (κ1) is 6.46. The predicted molar refractivity (Wildman–Crippen MR) is 41.7 cm³/mol. The summed E-state index contributed by atoms with van der Waals surface area (Å²) in [7, 11) is 0. The molecule has 0 aliphatic heterocycles. The molecule has 0 atom stereocenters. The van der Waals surface area contributed by atoms with Crippen molar-refractivity contribution in [3.63, 3.8) is 0 Å². The minimum Gasteiger partial charge on any atom is -0.312 e.